The molecule has 0 unspecified atom stereocenters. The van der Waals surface area contributed by atoms with Crippen LogP contribution in [0.2, 0.25) is 0 Å². The van der Waals surface area contributed by atoms with Crippen molar-refractivity contribution in [1.82, 2.24) is 15.1 Å². The lowest BCUT2D eigenvalue weighted by atomic mass is 10.3. The molecule has 0 atom stereocenters. The fourth-order valence-corrected chi connectivity index (χ4v) is 4.31. The number of para-hydroxylation sites is 1. The minimum Gasteiger partial charge on any atom is -0.346 e. The average Bonchev–Trinajstić information content (AvgIpc) is 3.32. The molecule has 4 rings (SSSR count). The first-order chi connectivity index (χ1) is 11.7. The molecule has 1 aromatic carbocycles. The molecule has 120 valence electrons. The minimum atomic E-state index is -0.0383. The molecule has 3 aromatic heterocycles. The number of carbonyl (C=O) groups is 1. The highest BCUT2D eigenvalue weighted by Gasteiger charge is 2.17. The van der Waals surface area contributed by atoms with E-state index in [-0.39, 0.29) is 5.91 Å². The molecular formula is C18H15N3OS2. The summed E-state index contributed by atoms with van der Waals surface area (Å²) in [6, 6.07) is 15.9. The number of hydrogen-bond donors (Lipinski definition) is 1. The quantitative estimate of drug-likeness (QED) is 0.591. The predicted octanol–water partition coefficient (Wildman–Crippen LogP) is 4.39. The van der Waals surface area contributed by atoms with Gasteiger partial charge in [0.2, 0.25) is 0 Å². The second-order valence-corrected chi connectivity index (χ2v) is 7.49. The number of nitrogens with one attached hydrogen (secondary N) is 1. The van der Waals surface area contributed by atoms with Crippen LogP contribution in [-0.2, 0) is 6.54 Å². The van der Waals surface area contributed by atoms with Gasteiger partial charge in [-0.15, -0.1) is 22.7 Å². The summed E-state index contributed by atoms with van der Waals surface area (Å²) in [4.78, 5) is 15.3. The number of hydrogen-bond acceptors (Lipinski definition) is 4. The van der Waals surface area contributed by atoms with Gasteiger partial charge in [-0.05, 0) is 36.6 Å². The van der Waals surface area contributed by atoms with Crippen LogP contribution in [0, 0.1) is 6.92 Å². The Kier molecular flexibility index (Phi) is 3.92. The molecular weight excluding hydrogens is 338 g/mol. The van der Waals surface area contributed by atoms with Crippen LogP contribution in [0.4, 0.5) is 0 Å². The van der Waals surface area contributed by atoms with Gasteiger partial charge in [-0.25, -0.2) is 4.68 Å². The number of fused-ring (bicyclic) bond motifs is 1. The molecule has 0 saturated heterocycles. The Labute approximate surface area is 147 Å². The first-order valence-electron chi connectivity index (χ1n) is 7.57. The topological polar surface area (TPSA) is 46.9 Å². The van der Waals surface area contributed by atoms with Gasteiger partial charge < -0.3 is 5.32 Å². The first-order valence-corrected chi connectivity index (χ1v) is 9.27. The molecule has 0 radical (unpaired) electrons. The number of carbonyl (C=O) groups excluding carboxylic acids is 1. The first kappa shape index (κ1) is 15.1. The molecule has 0 fully saturated rings. The van der Waals surface area contributed by atoms with E-state index in [1.807, 2.05) is 65.5 Å². The van der Waals surface area contributed by atoms with Gasteiger partial charge >= 0.3 is 0 Å². The molecule has 0 aliphatic heterocycles. The number of rotatable bonds is 4. The van der Waals surface area contributed by atoms with Gasteiger partial charge in [-0.2, -0.15) is 5.10 Å². The Morgan fingerprint density at radius 2 is 2.04 bits per heavy atom. The van der Waals surface area contributed by atoms with E-state index in [0.29, 0.717) is 11.4 Å². The zero-order chi connectivity index (χ0) is 16.5. The van der Waals surface area contributed by atoms with E-state index in [2.05, 4.69) is 10.4 Å². The maximum Gasteiger partial charge on any atom is 0.261 e. The zero-order valence-corrected chi connectivity index (χ0v) is 14.7. The summed E-state index contributed by atoms with van der Waals surface area (Å²) in [6.45, 7) is 2.54. The van der Waals surface area contributed by atoms with Crippen molar-refractivity contribution < 1.29 is 4.79 Å². The van der Waals surface area contributed by atoms with Gasteiger partial charge in [0.15, 0.2) is 0 Å². The highest BCUT2D eigenvalue weighted by atomic mass is 32.1. The number of benzene rings is 1. The second-order valence-electron chi connectivity index (χ2n) is 5.42. The van der Waals surface area contributed by atoms with Crippen molar-refractivity contribution in [2.24, 2.45) is 0 Å². The lowest BCUT2D eigenvalue weighted by Gasteiger charge is -2.02. The summed E-state index contributed by atoms with van der Waals surface area (Å²) >= 11 is 3.12. The van der Waals surface area contributed by atoms with E-state index < -0.39 is 0 Å². The van der Waals surface area contributed by atoms with E-state index in [9.17, 15) is 4.79 Å². The Hall–Kier alpha value is -2.44. The Morgan fingerprint density at radius 1 is 1.21 bits per heavy atom. The fourth-order valence-electron chi connectivity index (χ4n) is 2.57. The summed E-state index contributed by atoms with van der Waals surface area (Å²) in [5, 5.41) is 10.6. The fraction of sp³-hybridized carbons (Fsp3) is 0.111. The smallest absolute Gasteiger partial charge is 0.261 e. The molecule has 0 spiro atoms. The number of aryl methyl sites for hydroxylation is 1. The van der Waals surface area contributed by atoms with Crippen molar-refractivity contribution >= 4 is 38.8 Å². The van der Waals surface area contributed by atoms with Crippen molar-refractivity contribution in [3.05, 3.63) is 69.4 Å². The van der Waals surface area contributed by atoms with Crippen molar-refractivity contribution in [1.29, 1.82) is 0 Å². The van der Waals surface area contributed by atoms with Gasteiger partial charge in [0.25, 0.3) is 5.91 Å². The predicted molar refractivity (Wildman–Crippen MR) is 99.2 cm³/mol. The van der Waals surface area contributed by atoms with Crippen molar-refractivity contribution in [2.75, 3.05) is 0 Å². The SMILES string of the molecule is Cc1nn(-c2ccccc2)c2sc(C(=O)NCc3cccs3)cc12. The summed E-state index contributed by atoms with van der Waals surface area (Å²) < 4.78 is 1.91. The van der Waals surface area contributed by atoms with Gasteiger partial charge in [-0.1, -0.05) is 24.3 Å². The van der Waals surface area contributed by atoms with Gasteiger partial charge in [0.1, 0.15) is 4.83 Å². The largest absolute Gasteiger partial charge is 0.346 e. The van der Waals surface area contributed by atoms with Crippen LogP contribution in [0.25, 0.3) is 15.9 Å². The standard InChI is InChI=1S/C18H15N3OS2/c1-12-15-10-16(17(22)19-11-14-8-5-9-23-14)24-18(15)21(20-12)13-6-3-2-4-7-13/h2-10H,11H2,1H3,(H,19,22). The third-order valence-electron chi connectivity index (χ3n) is 3.77. The van der Waals surface area contributed by atoms with Gasteiger partial charge in [0, 0.05) is 10.3 Å². The maximum atomic E-state index is 12.4. The van der Waals surface area contributed by atoms with Crippen LogP contribution in [0.1, 0.15) is 20.2 Å². The van der Waals surface area contributed by atoms with E-state index in [1.54, 1.807) is 11.3 Å². The number of thiophene rings is 2. The molecule has 0 aliphatic rings. The number of aromatic nitrogens is 2. The second kappa shape index (κ2) is 6.22. The molecule has 1 N–H and O–H groups in total. The molecule has 4 aromatic rings. The van der Waals surface area contributed by atoms with Crippen LogP contribution < -0.4 is 5.32 Å². The number of amides is 1. The zero-order valence-electron chi connectivity index (χ0n) is 13.0. The van der Waals surface area contributed by atoms with E-state index in [0.717, 1.165) is 26.5 Å². The summed E-state index contributed by atoms with van der Waals surface area (Å²) in [5.41, 5.74) is 1.94. The molecule has 4 nitrogen and oxygen atoms in total. The van der Waals surface area contributed by atoms with E-state index in [4.69, 9.17) is 0 Å². The van der Waals surface area contributed by atoms with E-state index in [1.165, 1.54) is 11.3 Å². The van der Waals surface area contributed by atoms with Crippen LogP contribution in [-0.4, -0.2) is 15.7 Å². The van der Waals surface area contributed by atoms with Crippen molar-refractivity contribution in [2.45, 2.75) is 13.5 Å². The number of nitrogens with zero attached hydrogens (tertiary/aromatic N) is 2. The normalized spacial score (nSPS) is 11.0. The van der Waals surface area contributed by atoms with Crippen LogP contribution in [0.5, 0.6) is 0 Å². The molecule has 6 heteroatoms. The lowest BCUT2D eigenvalue weighted by Crippen LogP contribution is -2.21. The Balaban J connectivity index is 1.64. The van der Waals surface area contributed by atoms with Gasteiger partial charge in [-0.3, -0.25) is 4.79 Å². The third-order valence-corrected chi connectivity index (χ3v) is 5.76. The monoisotopic (exact) mass is 353 g/mol. The average molecular weight is 353 g/mol. The maximum absolute atomic E-state index is 12.4. The molecule has 0 bridgehead atoms. The molecule has 3 heterocycles. The Morgan fingerprint density at radius 3 is 2.79 bits per heavy atom. The summed E-state index contributed by atoms with van der Waals surface area (Å²) in [7, 11) is 0. The molecule has 1 amide bonds. The van der Waals surface area contributed by atoms with Crippen molar-refractivity contribution in [3.8, 4) is 5.69 Å². The summed E-state index contributed by atoms with van der Waals surface area (Å²) in [6.07, 6.45) is 0. The lowest BCUT2D eigenvalue weighted by molar-refractivity contribution is 0.0955. The molecule has 0 aliphatic carbocycles. The Bertz CT molecular complexity index is 984. The van der Waals surface area contributed by atoms with Crippen LogP contribution in [0.15, 0.2) is 53.9 Å². The highest BCUT2D eigenvalue weighted by molar-refractivity contribution is 7.20. The van der Waals surface area contributed by atoms with Gasteiger partial charge in [0.05, 0.1) is 22.8 Å². The van der Waals surface area contributed by atoms with Crippen LogP contribution in [0.3, 0.4) is 0 Å². The third kappa shape index (κ3) is 2.74. The highest BCUT2D eigenvalue weighted by Crippen LogP contribution is 2.30. The molecule has 0 saturated carbocycles. The van der Waals surface area contributed by atoms with E-state index >= 15 is 0 Å². The molecule has 24 heavy (non-hydrogen) atoms. The summed E-state index contributed by atoms with van der Waals surface area (Å²) in [5.74, 6) is -0.0383. The van der Waals surface area contributed by atoms with Crippen LogP contribution >= 0.6 is 22.7 Å². The van der Waals surface area contributed by atoms with Crippen molar-refractivity contribution in [3.63, 3.8) is 0 Å². The minimum absolute atomic E-state index is 0.0383.